The molecule has 1 amide bonds. The van der Waals surface area contributed by atoms with E-state index in [4.69, 9.17) is 5.11 Å². The number of carboxylic acid groups (broad SMARTS) is 1. The van der Waals surface area contributed by atoms with Crippen LogP contribution in [-0.4, -0.2) is 22.0 Å². The van der Waals surface area contributed by atoms with Gasteiger partial charge in [0.1, 0.15) is 0 Å². The highest BCUT2D eigenvalue weighted by Gasteiger charge is 2.31. The maximum Gasteiger partial charge on any atom is 0.416 e. The largest absolute Gasteiger partial charge is 0.477 e. The van der Waals surface area contributed by atoms with E-state index in [-0.39, 0.29) is 16.6 Å². The molecule has 0 atom stereocenters. The van der Waals surface area contributed by atoms with Gasteiger partial charge in [0.15, 0.2) is 5.69 Å². The van der Waals surface area contributed by atoms with Crippen molar-refractivity contribution in [3.05, 3.63) is 35.5 Å². The fraction of sp³-hybridized carbons (Fsp3) is 0.154. The number of nitrogens with one attached hydrogen (secondary N) is 1. The Labute approximate surface area is 116 Å². The van der Waals surface area contributed by atoms with Crippen LogP contribution in [0.1, 0.15) is 23.0 Å². The fourth-order valence-electron chi connectivity index (χ4n) is 1.81. The quantitative estimate of drug-likeness (QED) is 0.893. The molecular formula is C13H9F3N2O3. The molecule has 0 saturated heterocycles. The average molecular weight is 298 g/mol. The number of aromatic carboxylic acids is 1. The first-order valence-electron chi connectivity index (χ1n) is 5.71. The first kappa shape index (κ1) is 14.8. The molecule has 0 radical (unpaired) electrons. The SMILES string of the molecule is CC(=O)Nc1cc(C(=O)O)nc2cc(C(F)(F)F)ccc12. The van der Waals surface area contributed by atoms with Gasteiger partial charge < -0.3 is 10.4 Å². The lowest BCUT2D eigenvalue weighted by atomic mass is 10.1. The number of benzene rings is 1. The molecule has 0 saturated carbocycles. The lowest BCUT2D eigenvalue weighted by Gasteiger charge is -2.11. The summed E-state index contributed by atoms with van der Waals surface area (Å²) in [4.78, 5) is 25.7. The number of carbonyl (C=O) groups is 2. The predicted octanol–water partition coefficient (Wildman–Crippen LogP) is 2.91. The number of carboxylic acids is 1. The van der Waals surface area contributed by atoms with Crippen molar-refractivity contribution < 1.29 is 27.9 Å². The second-order valence-corrected chi connectivity index (χ2v) is 4.27. The van der Waals surface area contributed by atoms with Gasteiger partial charge in [-0.1, -0.05) is 6.07 Å². The van der Waals surface area contributed by atoms with E-state index < -0.39 is 29.3 Å². The number of aromatic nitrogens is 1. The molecule has 0 aliphatic rings. The van der Waals surface area contributed by atoms with Crippen molar-refractivity contribution in [3.8, 4) is 0 Å². The monoisotopic (exact) mass is 298 g/mol. The minimum Gasteiger partial charge on any atom is -0.477 e. The molecule has 0 fully saturated rings. The third-order valence-corrected chi connectivity index (χ3v) is 2.67. The van der Waals surface area contributed by atoms with Gasteiger partial charge in [0, 0.05) is 12.3 Å². The van der Waals surface area contributed by atoms with E-state index >= 15 is 0 Å². The minimum atomic E-state index is -4.57. The second kappa shape index (κ2) is 5.04. The van der Waals surface area contributed by atoms with Crippen LogP contribution in [-0.2, 0) is 11.0 Å². The van der Waals surface area contributed by atoms with Gasteiger partial charge in [-0.05, 0) is 18.2 Å². The van der Waals surface area contributed by atoms with E-state index in [1.54, 1.807) is 0 Å². The van der Waals surface area contributed by atoms with E-state index in [1.807, 2.05) is 0 Å². The molecule has 0 bridgehead atoms. The number of nitrogens with zero attached hydrogens (tertiary/aromatic N) is 1. The predicted molar refractivity (Wildman–Crippen MR) is 68.0 cm³/mol. The summed E-state index contributed by atoms with van der Waals surface area (Å²) in [7, 11) is 0. The van der Waals surface area contributed by atoms with Gasteiger partial charge in [-0.2, -0.15) is 13.2 Å². The molecule has 21 heavy (non-hydrogen) atoms. The highest BCUT2D eigenvalue weighted by molar-refractivity contribution is 6.03. The van der Waals surface area contributed by atoms with E-state index in [9.17, 15) is 22.8 Å². The lowest BCUT2D eigenvalue weighted by Crippen LogP contribution is -2.10. The first-order valence-corrected chi connectivity index (χ1v) is 5.71. The summed E-state index contributed by atoms with van der Waals surface area (Å²) in [6.45, 7) is 1.21. The molecule has 0 aliphatic carbocycles. The van der Waals surface area contributed by atoms with Crippen LogP contribution in [0.5, 0.6) is 0 Å². The minimum absolute atomic E-state index is 0.0959. The van der Waals surface area contributed by atoms with Gasteiger partial charge in [0.05, 0.1) is 16.8 Å². The zero-order valence-corrected chi connectivity index (χ0v) is 10.7. The first-order chi connectivity index (χ1) is 9.68. The third-order valence-electron chi connectivity index (χ3n) is 2.67. The zero-order valence-electron chi connectivity index (χ0n) is 10.7. The van der Waals surface area contributed by atoms with Gasteiger partial charge in [-0.15, -0.1) is 0 Å². The molecule has 1 aromatic carbocycles. The summed E-state index contributed by atoms with van der Waals surface area (Å²) in [6, 6.07) is 3.82. The molecular weight excluding hydrogens is 289 g/mol. The Morgan fingerprint density at radius 1 is 1.24 bits per heavy atom. The van der Waals surface area contributed by atoms with Gasteiger partial charge in [0.2, 0.25) is 5.91 Å². The number of hydrogen-bond acceptors (Lipinski definition) is 3. The third kappa shape index (κ3) is 3.10. The van der Waals surface area contributed by atoms with Crippen molar-refractivity contribution in [1.29, 1.82) is 0 Å². The van der Waals surface area contributed by atoms with Crippen molar-refractivity contribution in [2.24, 2.45) is 0 Å². The highest BCUT2D eigenvalue weighted by atomic mass is 19.4. The van der Waals surface area contributed by atoms with Gasteiger partial charge in [-0.25, -0.2) is 9.78 Å². The van der Waals surface area contributed by atoms with Crippen molar-refractivity contribution in [1.82, 2.24) is 4.98 Å². The smallest absolute Gasteiger partial charge is 0.416 e. The number of rotatable bonds is 2. The summed E-state index contributed by atoms with van der Waals surface area (Å²) < 4.78 is 38.0. The highest BCUT2D eigenvalue weighted by Crippen LogP contribution is 2.33. The fourth-order valence-corrected chi connectivity index (χ4v) is 1.81. The summed E-state index contributed by atoms with van der Waals surface area (Å²) in [5.74, 6) is -1.88. The molecule has 2 rings (SSSR count). The van der Waals surface area contributed by atoms with Gasteiger partial charge in [-0.3, -0.25) is 4.79 Å². The van der Waals surface area contributed by atoms with Crippen LogP contribution in [0.4, 0.5) is 18.9 Å². The van der Waals surface area contributed by atoms with E-state index in [0.717, 1.165) is 24.3 Å². The van der Waals surface area contributed by atoms with Crippen LogP contribution in [0.15, 0.2) is 24.3 Å². The number of hydrogen-bond donors (Lipinski definition) is 2. The van der Waals surface area contributed by atoms with Crippen LogP contribution in [0.25, 0.3) is 10.9 Å². The molecule has 5 nitrogen and oxygen atoms in total. The maximum atomic E-state index is 12.7. The molecule has 8 heteroatoms. The molecule has 2 aromatic rings. The number of anilines is 1. The molecule has 0 aliphatic heterocycles. The van der Waals surface area contributed by atoms with Crippen molar-refractivity contribution >= 4 is 28.5 Å². The molecule has 110 valence electrons. The summed E-state index contributed by atoms with van der Waals surface area (Å²) in [6.07, 6.45) is -4.57. The second-order valence-electron chi connectivity index (χ2n) is 4.27. The van der Waals surface area contributed by atoms with Gasteiger partial charge >= 0.3 is 12.1 Å². The Morgan fingerprint density at radius 3 is 2.43 bits per heavy atom. The molecule has 0 spiro atoms. The topological polar surface area (TPSA) is 79.3 Å². The Hall–Kier alpha value is -2.64. The molecule has 1 heterocycles. The summed E-state index contributed by atoms with van der Waals surface area (Å²) in [5.41, 5.74) is -1.46. The summed E-state index contributed by atoms with van der Waals surface area (Å²) >= 11 is 0. The standard InChI is InChI=1S/C13H9F3N2O3/c1-6(19)17-10-5-11(12(20)21)18-9-4-7(13(14,15)16)2-3-8(9)10/h2-5H,1H3,(H,20,21)(H,17,18,19). The van der Waals surface area contributed by atoms with E-state index in [1.165, 1.54) is 6.92 Å². The number of pyridine rings is 1. The summed E-state index contributed by atoms with van der Waals surface area (Å²) in [5, 5.41) is 11.5. The number of alkyl halides is 3. The van der Waals surface area contributed by atoms with Crippen molar-refractivity contribution in [2.75, 3.05) is 5.32 Å². The van der Waals surface area contributed by atoms with Gasteiger partial charge in [0.25, 0.3) is 0 Å². The van der Waals surface area contributed by atoms with Crippen LogP contribution in [0.3, 0.4) is 0 Å². The van der Waals surface area contributed by atoms with Crippen LogP contribution in [0, 0.1) is 0 Å². The number of carbonyl (C=O) groups excluding carboxylic acids is 1. The van der Waals surface area contributed by atoms with E-state index in [0.29, 0.717) is 0 Å². The molecule has 2 N–H and O–H groups in total. The van der Waals surface area contributed by atoms with Crippen LogP contribution in [0.2, 0.25) is 0 Å². The Morgan fingerprint density at radius 2 is 1.90 bits per heavy atom. The zero-order chi connectivity index (χ0) is 15.8. The molecule has 0 unspecified atom stereocenters. The van der Waals surface area contributed by atoms with Crippen LogP contribution >= 0.6 is 0 Å². The average Bonchev–Trinajstić information content (AvgIpc) is 2.36. The Kier molecular flexibility index (Phi) is 3.54. The van der Waals surface area contributed by atoms with Crippen molar-refractivity contribution in [2.45, 2.75) is 13.1 Å². The van der Waals surface area contributed by atoms with E-state index in [2.05, 4.69) is 10.3 Å². The Bertz CT molecular complexity index is 741. The number of amides is 1. The lowest BCUT2D eigenvalue weighted by molar-refractivity contribution is -0.137. The molecule has 1 aromatic heterocycles. The van der Waals surface area contributed by atoms with Crippen molar-refractivity contribution in [3.63, 3.8) is 0 Å². The van der Waals surface area contributed by atoms with Crippen LogP contribution < -0.4 is 5.32 Å². The normalized spacial score (nSPS) is 11.4. The Balaban J connectivity index is 2.72. The number of fused-ring (bicyclic) bond motifs is 1. The number of halogens is 3. The maximum absolute atomic E-state index is 12.7.